The van der Waals surface area contributed by atoms with E-state index in [9.17, 15) is 4.79 Å². The van der Waals surface area contributed by atoms with Crippen LogP contribution in [0.25, 0.3) is 11.1 Å². The number of carbonyl (C=O) groups is 1. The summed E-state index contributed by atoms with van der Waals surface area (Å²) >= 11 is 14.0. The van der Waals surface area contributed by atoms with Gasteiger partial charge in [-0.3, -0.25) is 9.69 Å². The fourth-order valence-corrected chi connectivity index (χ4v) is 8.80. The number of hydrogen-bond donors (Lipinski definition) is 1. The lowest BCUT2D eigenvalue weighted by Gasteiger charge is -2.42. The molecule has 1 heterocycles. The molecule has 2 aliphatic rings. The highest BCUT2D eigenvalue weighted by Crippen LogP contribution is 2.54. The maximum Gasteiger partial charge on any atom is 0.168 e. The SMILES string of the molecule is COc1cc2c(cc1OC)-c1c(OC)c(OC)cc3c1C(C2)N(CCOc1ccccc1OC)CC3.COc1ccccc1O.COc1ccccc1OCC=O.COc1ccccc1OCCCl.ClCCCBr. The van der Waals surface area contributed by atoms with Crippen LogP contribution in [0.1, 0.15) is 29.2 Å². The number of benzene rings is 6. The number of para-hydroxylation sites is 8. The lowest BCUT2D eigenvalue weighted by atomic mass is 9.76. The average molecular weight is 1130 g/mol. The van der Waals surface area contributed by atoms with E-state index < -0.39 is 0 Å². The Morgan fingerprint density at radius 2 is 1.04 bits per heavy atom. The van der Waals surface area contributed by atoms with Crippen molar-refractivity contribution in [1.82, 2.24) is 4.90 Å². The number of halogens is 3. The Hall–Kier alpha value is -6.39. The molecule has 0 saturated carbocycles. The molecule has 0 radical (unpaired) electrons. The number of aldehydes is 1. The normalized spacial score (nSPS) is 12.4. The number of rotatable bonds is 20. The first-order chi connectivity index (χ1) is 36.1. The third-order valence-electron chi connectivity index (χ3n) is 11.4. The van der Waals surface area contributed by atoms with Crippen LogP contribution in [0.3, 0.4) is 0 Å². The van der Waals surface area contributed by atoms with Crippen LogP contribution in [0.15, 0.2) is 115 Å². The highest BCUT2D eigenvalue weighted by atomic mass is 79.9. The van der Waals surface area contributed by atoms with Gasteiger partial charge in [-0.1, -0.05) is 64.5 Å². The van der Waals surface area contributed by atoms with Gasteiger partial charge in [0.05, 0.1) is 62.8 Å². The molecule has 74 heavy (non-hydrogen) atoms. The lowest BCUT2D eigenvalue weighted by Crippen LogP contribution is -2.40. The van der Waals surface area contributed by atoms with E-state index in [1.54, 1.807) is 86.2 Å². The van der Waals surface area contributed by atoms with Crippen molar-refractivity contribution in [3.63, 3.8) is 0 Å². The Morgan fingerprint density at radius 3 is 1.49 bits per heavy atom. The van der Waals surface area contributed by atoms with Gasteiger partial charge in [0.15, 0.2) is 75.3 Å². The molecule has 6 aromatic rings. The van der Waals surface area contributed by atoms with E-state index in [2.05, 4.69) is 39.0 Å². The third-order valence-corrected chi connectivity index (χ3v) is 12.3. The fourth-order valence-electron chi connectivity index (χ4n) is 7.99. The number of methoxy groups -OCH3 is 8. The molecule has 0 amide bonds. The van der Waals surface area contributed by atoms with Crippen molar-refractivity contribution in [2.45, 2.75) is 25.3 Å². The van der Waals surface area contributed by atoms with Gasteiger partial charge >= 0.3 is 0 Å². The molecule has 1 unspecified atom stereocenters. The number of phenolic OH excluding ortho intramolecular Hbond substituents is 1. The standard InChI is InChI=1S/C29H33NO6.C9H11ClO2.C9H10O3.C7H8O2.C3H6BrCl/c1-31-22-8-6-7-9-23(22)36-13-12-30-11-10-18-15-26(34-4)29(35-5)28-20-17-25(33-3)24(32-2)16-19(20)14-21(30)27(18)28;2*1-11-8-4-2-3-5-9(8)12-7-6-10;1-9-7-5-3-2-4-6(7)8;4-2-1-3-5/h6-9,15-17,21H,10-14H2,1-5H3;2-5H,6-7H2,1H3;2-6H,7H2,1H3;2-5,8H,1H3;1-3H2. The zero-order valence-corrected chi connectivity index (χ0v) is 46.4. The Balaban J connectivity index is 0.000000252. The highest BCUT2D eigenvalue weighted by Gasteiger charge is 2.38. The van der Waals surface area contributed by atoms with Gasteiger partial charge in [0.25, 0.3) is 0 Å². The van der Waals surface area contributed by atoms with Gasteiger partial charge in [0.2, 0.25) is 0 Å². The minimum absolute atomic E-state index is 0.0559. The minimum Gasteiger partial charge on any atom is -0.504 e. The van der Waals surface area contributed by atoms with Crippen molar-refractivity contribution in [3.05, 3.63) is 132 Å². The van der Waals surface area contributed by atoms with Crippen LogP contribution in [0.5, 0.6) is 69.0 Å². The zero-order valence-electron chi connectivity index (χ0n) is 43.3. The molecule has 0 aromatic heterocycles. The number of nitrogens with zero attached hydrogens (tertiary/aromatic N) is 1. The van der Waals surface area contributed by atoms with Gasteiger partial charge < -0.3 is 57.2 Å². The Bertz CT molecular complexity index is 2600. The van der Waals surface area contributed by atoms with E-state index in [-0.39, 0.29) is 18.4 Å². The second-order valence-corrected chi connectivity index (χ2v) is 17.2. The molecule has 6 aromatic carbocycles. The summed E-state index contributed by atoms with van der Waals surface area (Å²) in [6.07, 6.45) is 3.56. The van der Waals surface area contributed by atoms with Gasteiger partial charge in [-0.15, -0.1) is 23.2 Å². The molecule has 1 atom stereocenters. The largest absolute Gasteiger partial charge is 0.504 e. The van der Waals surface area contributed by atoms with Crippen molar-refractivity contribution in [2.75, 3.05) is 107 Å². The number of carbonyl (C=O) groups excluding carboxylic acids is 1. The molecule has 1 N–H and O–H groups in total. The summed E-state index contributed by atoms with van der Waals surface area (Å²) in [7, 11) is 13.1. The van der Waals surface area contributed by atoms with E-state index in [1.165, 1.54) is 23.8 Å². The summed E-state index contributed by atoms with van der Waals surface area (Å²) in [6.45, 7) is 2.85. The van der Waals surface area contributed by atoms with Crippen molar-refractivity contribution in [1.29, 1.82) is 0 Å². The second-order valence-electron chi connectivity index (χ2n) is 15.6. The first kappa shape index (κ1) is 60.2. The maximum atomic E-state index is 10.0. The maximum absolute atomic E-state index is 10.0. The fraction of sp³-hybridized carbons (Fsp3) is 0.351. The van der Waals surface area contributed by atoms with E-state index >= 15 is 0 Å². The van der Waals surface area contributed by atoms with Crippen LogP contribution >= 0.6 is 39.1 Å². The highest BCUT2D eigenvalue weighted by molar-refractivity contribution is 9.09. The second kappa shape index (κ2) is 33.4. The molecule has 0 bridgehead atoms. The number of phenols is 1. The van der Waals surface area contributed by atoms with E-state index in [0.29, 0.717) is 48.4 Å². The first-order valence-electron chi connectivity index (χ1n) is 23.6. The quantitative estimate of drug-likeness (QED) is 0.0572. The summed E-state index contributed by atoms with van der Waals surface area (Å²) < 4.78 is 59.8. The minimum atomic E-state index is 0.0559. The number of fused-ring (bicyclic) bond motifs is 2. The van der Waals surface area contributed by atoms with Crippen molar-refractivity contribution in [3.8, 4) is 80.1 Å². The van der Waals surface area contributed by atoms with Crippen LogP contribution in [-0.2, 0) is 17.6 Å². The molecule has 400 valence electrons. The number of alkyl halides is 3. The smallest absolute Gasteiger partial charge is 0.168 e. The average Bonchev–Trinajstić information content (AvgIpc) is 3.45. The molecule has 1 aliphatic heterocycles. The van der Waals surface area contributed by atoms with E-state index in [1.807, 2.05) is 60.7 Å². The van der Waals surface area contributed by atoms with Crippen LogP contribution in [-0.4, -0.2) is 123 Å². The molecule has 14 nitrogen and oxygen atoms in total. The van der Waals surface area contributed by atoms with Gasteiger partial charge in [-0.2, -0.15) is 0 Å². The predicted octanol–water partition coefficient (Wildman–Crippen LogP) is 11.9. The molecule has 0 spiro atoms. The van der Waals surface area contributed by atoms with Crippen molar-refractivity contribution in [2.24, 2.45) is 0 Å². The van der Waals surface area contributed by atoms with Gasteiger partial charge in [0, 0.05) is 35.9 Å². The number of aromatic hydroxyl groups is 1. The molecule has 0 saturated heterocycles. The third kappa shape index (κ3) is 17.1. The summed E-state index contributed by atoms with van der Waals surface area (Å²) in [5.74, 6) is 9.08. The van der Waals surface area contributed by atoms with Crippen LogP contribution in [0.4, 0.5) is 0 Å². The van der Waals surface area contributed by atoms with Crippen molar-refractivity contribution >= 4 is 45.4 Å². The van der Waals surface area contributed by atoms with E-state index in [4.69, 9.17) is 80.4 Å². The first-order valence-corrected chi connectivity index (χ1v) is 25.8. The molecule has 0 fully saturated rings. The number of hydrogen-bond acceptors (Lipinski definition) is 14. The summed E-state index contributed by atoms with van der Waals surface area (Å²) in [4.78, 5) is 12.5. The Morgan fingerprint density at radius 1 is 0.568 bits per heavy atom. The molecule has 17 heteroatoms. The molecule has 8 rings (SSSR count). The Kier molecular flexibility index (Phi) is 27.2. The summed E-state index contributed by atoms with van der Waals surface area (Å²) in [5, 5.41) is 10.0. The summed E-state index contributed by atoms with van der Waals surface area (Å²) in [6, 6.07) is 35.8. The van der Waals surface area contributed by atoms with Gasteiger partial charge in [-0.25, -0.2) is 0 Å². The van der Waals surface area contributed by atoms with Crippen molar-refractivity contribution < 1.29 is 62.0 Å². The molecule has 1 aliphatic carbocycles. The monoisotopic (exact) mass is 1120 g/mol. The molecular formula is C57H68BrCl2NO13. The summed E-state index contributed by atoms with van der Waals surface area (Å²) in [5.41, 5.74) is 5.98. The zero-order chi connectivity index (χ0) is 53.7. The van der Waals surface area contributed by atoms with Crippen LogP contribution in [0, 0.1) is 0 Å². The lowest BCUT2D eigenvalue weighted by molar-refractivity contribution is -0.109. The van der Waals surface area contributed by atoms with Gasteiger partial charge in [-0.05, 0) is 108 Å². The molecular weight excluding hydrogens is 1060 g/mol. The topological polar surface area (TPSA) is 142 Å². The Labute approximate surface area is 454 Å². The van der Waals surface area contributed by atoms with Crippen LogP contribution in [0.2, 0.25) is 0 Å². The van der Waals surface area contributed by atoms with Gasteiger partial charge in [0.1, 0.15) is 19.8 Å². The van der Waals surface area contributed by atoms with Crippen LogP contribution < -0.4 is 52.1 Å². The van der Waals surface area contributed by atoms with E-state index in [0.717, 1.165) is 94.9 Å². The number of ether oxygens (including phenoxy) is 11. The predicted molar refractivity (Wildman–Crippen MR) is 296 cm³/mol.